The van der Waals surface area contributed by atoms with E-state index in [4.69, 9.17) is 9.47 Å². The number of hydrogen-bond acceptors (Lipinski definition) is 6. The van der Waals surface area contributed by atoms with Gasteiger partial charge in [0.15, 0.2) is 0 Å². The number of rotatable bonds is 7. The number of ether oxygens (including phenoxy) is 2. The molecule has 1 amide bonds. The Bertz CT molecular complexity index is 761. The number of hydrogen-bond donors (Lipinski definition) is 1. The third kappa shape index (κ3) is 5.90. The van der Waals surface area contributed by atoms with E-state index >= 15 is 0 Å². The van der Waals surface area contributed by atoms with Gasteiger partial charge in [0.1, 0.15) is 19.3 Å². The number of amides is 1. The zero-order chi connectivity index (χ0) is 18.9. The second-order valence-electron chi connectivity index (χ2n) is 5.46. The van der Waals surface area contributed by atoms with Crippen molar-refractivity contribution < 1.29 is 24.0 Å². The van der Waals surface area contributed by atoms with E-state index in [2.05, 4.69) is 5.32 Å². The zero-order valence-corrected chi connectivity index (χ0v) is 14.1. The molecule has 0 unspecified atom stereocenters. The van der Waals surface area contributed by atoms with E-state index in [0.717, 1.165) is 5.56 Å². The minimum absolute atomic E-state index is 0.0451. The highest BCUT2D eigenvalue weighted by Gasteiger charge is 2.18. The predicted molar refractivity (Wildman–Crippen MR) is 92.1 cm³/mol. The molecule has 2 aromatic rings. The predicted octanol–water partition coefficient (Wildman–Crippen LogP) is 2.95. The number of nitro benzene ring substituents is 1. The summed E-state index contributed by atoms with van der Waals surface area (Å²) >= 11 is 0. The molecule has 2 rings (SSSR count). The van der Waals surface area contributed by atoms with E-state index in [1.54, 1.807) is 0 Å². The Morgan fingerprint density at radius 2 is 1.58 bits per heavy atom. The lowest BCUT2D eigenvalue weighted by atomic mass is 10.2. The minimum Gasteiger partial charge on any atom is -0.459 e. The van der Waals surface area contributed by atoms with Crippen LogP contribution in [0.15, 0.2) is 54.6 Å². The molecule has 1 atom stereocenters. The molecule has 0 aliphatic carbocycles. The Hall–Kier alpha value is -3.42. The van der Waals surface area contributed by atoms with E-state index in [1.165, 1.54) is 31.2 Å². The minimum atomic E-state index is -0.892. The van der Waals surface area contributed by atoms with Crippen molar-refractivity contribution in [1.82, 2.24) is 5.32 Å². The van der Waals surface area contributed by atoms with E-state index in [-0.39, 0.29) is 18.9 Å². The molecule has 0 saturated carbocycles. The Morgan fingerprint density at radius 1 is 1.00 bits per heavy atom. The number of nitrogens with zero attached hydrogens (tertiary/aromatic N) is 1. The highest BCUT2D eigenvalue weighted by Crippen LogP contribution is 2.12. The van der Waals surface area contributed by atoms with Gasteiger partial charge in [-0.25, -0.2) is 9.59 Å². The summed E-state index contributed by atoms with van der Waals surface area (Å²) in [5.41, 5.74) is 1.38. The molecular formula is C18H18N2O6. The molecule has 136 valence electrons. The van der Waals surface area contributed by atoms with Crippen molar-refractivity contribution in [2.75, 3.05) is 0 Å². The molecule has 0 aromatic heterocycles. The van der Waals surface area contributed by atoms with Crippen molar-refractivity contribution >= 4 is 17.7 Å². The average molecular weight is 358 g/mol. The monoisotopic (exact) mass is 358 g/mol. The van der Waals surface area contributed by atoms with Crippen molar-refractivity contribution in [2.45, 2.75) is 26.2 Å². The molecule has 1 N–H and O–H groups in total. The van der Waals surface area contributed by atoms with Gasteiger partial charge in [-0.15, -0.1) is 0 Å². The van der Waals surface area contributed by atoms with Crippen molar-refractivity contribution in [2.24, 2.45) is 0 Å². The lowest BCUT2D eigenvalue weighted by Crippen LogP contribution is -2.39. The molecule has 0 radical (unpaired) electrons. The number of carbonyl (C=O) groups excluding carboxylic acids is 2. The number of carbonyl (C=O) groups is 2. The second-order valence-corrected chi connectivity index (χ2v) is 5.46. The maximum Gasteiger partial charge on any atom is 0.408 e. The molecule has 0 heterocycles. The molecule has 8 heteroatoms. The first-order chi connectivity index (χ1) is 12.5. The SMILES string of the molecule is C[C@H](NC(=O)OCc1ccccc1)C(=O)OCc1ccc([N+](=O)[O-])cc1. The van der Waals surface area contributed by atoms with Crippen LogP contribution >= 0.6 is 0 Å². The molecule has 2 aromatic carbocycles. The van der Waals surface area contributed by atoms with Gasteiger partial charge < -0.3 is 14.8 Å². The largest absolute Gasteiger partial charge is 0.459 e. The summed E-state index contributed by atoms with van der Waals surface area (Å²) < 4.78 is 10.1. The van der Waals surface area contributed by atoms with Gasteiger partial charge in [-0.05, 0) is 30.2 Å². The number of nitro groups is 1. The van der Waals surface area contributed by atoms with E-state index in [1.807, 2.05) is 30.3 Å². The van der Waals surface area contributed by atoms with Gasteiger partial charge in [0.2, 0.25) is 0 Å². The van der Waals surface area contributed by atoms with Gasteiger partial charge in [0.25, 0.3) is 5.69 Å². The quantitative estimate of drug-likeness (QED) is 0.463. The number of non-ortho nitro benzene ring substituents is 1. The first-order valence-corrected chi connectivity index (χ1v) is 7.83. The highest BCUT2D eigenvalue weighted by molar-refractivity contribution is 5.80. The summed E-state index contributed by atoms with van der Waals surface area (Å²) in [6.07, 6.45) is -0.728. The van der Waals surface area contributed by atoms with E-state index in [9.17, 15) is 19.7 Å². The lowest BCUT2D eigenvalue weighted by molar-refractivity contribution is -0.384. The fourth-order valence-corrected chi connectivity index (χ4v) is 1.99. The molecule has 0 fully saturated rings. The molecule has 8 nitrogen and oxygen atoms in total. The fourth-order valence-electron chi connectivity index (χ4n) is 1.99. The summed E-state index contributed by atoms with van der Waals surface area (Å²) in [6, 6.07) is 13.9. The van der Waals surface area contributed by atoms with Crippen molar-refractivity contribution in [3.05, 3.63) is 75.8 Å². The normalized spacial score (nSPS) is 11.3. The topological polar surface area (TPSA) is 108 Å². The van der Waals surface area contributed by atoms with Gasteiger partial charge in [-0.1, -0.05) is 30.3 Å². The molecule has 0 saturated heterocycles. The van der Waals surface area contributed by atoms with Gasteiger partial charge in [0.05, 0.1) is 4.92 Å². The summed E-state index contributed by atoms with van der Waals surface area (Å²) in [5, 5.41) is 13.0. The van der Waals surface area contributed by atoms with Crippen LogP contribution in [0.1, 0.15) is 18.1 Å². The number of nitrogens with one attached hydrogen (secondary N) is 1. The summed E-state index contributed by atoms with van der Waals surface area (Å²) in [5.74, 6) is -0.639. The molecule has 26 heavy (non-hydrogen) atoms. The Labute approximate surface area is 149 Å². The van der Waals surface area contributed by atoms with Crippen LogP contribution in [0.5, 0.6) is 0 Å². The van der Waals surface area contributed by atoms with Crippen LogP contribution in [0.3, 0.4) is 0 Å². The Morgan fingerprint density at radius 3 is 2.19 bits per heavy atom. The zero-order valence-electron chi connectivity index (χ0n) is 14.1. The highest BCUT2D eigenvalue weighted by atomic mass is 16.6. The second kappa shape index (κ2) is 9.16. The van der Waals surface area contributed by atoms with Crippen LogP contribution in [0.4, 0.5) is 10.5 Å². The third-order valence-corrected chi connectivity index (χ3v) is 3.43. The van der Waals surface area contributed by atoms with Gasteiger partial charge in [0, 0.05) is 12.1 Å². The van der Waals surface area contributed by atoms with Gasteiger partial charge in [-0.3, -0.25) is 10.1 Å². The molecule has 0 aliphatic rings. The Balaban J connectivity index is 1.74. The molecule has 0 bridgehead atoms. The maximum absolute atomic E-state index is 11.9. The van der Waals surface area contributed by atoms with E-state index < -0.39 is 23.0 Å². The summed E-state index contributed by atoms with van der Waals surface area (Å²) in [7, 11) is 0. The number of alkyl carbamates (subject to hydrolysis) is 1. The van der Waals surface area contributed by atoms with Gasteiger partial charge >= 0.3 is 12.1 Å². The van der Waals surface area contributed by atoms with E-state index in [0.29, 0.717) is 5.56 Å². The van der Waals surface area contributed by atoms with Gasteiger partial charge in [-0.2, -0.15) is 0 Å². The van der Waals surface area contributed by atoms with Crippen LogP contribution in [-0.2, 0) is 27.5 Å². The summed E-state index contributed by atoms with van der Waals surface area (Å²) in [4.78, 5) is 33.7. The van der Waals surface area contributed by atoms with Crippen LogP contribution in [0, 0.1) is 10.1 Å². The average Bonchev–Trinajstić information content (AvgIpc) is 2.65. The van der Waals surface area contributed by atoms with Crippen molar-refractivity contribution in [3.63, 3.8) is 0 Å². The number of benzene rings is 2. The first-order valence-electron chi connectivity index (χ1n) is 7.83. The Kier molecular flexibility index (Phi) is 6.67. The first kappa shape index (κ1) is 18.9. The molecular weight excluding hydrogens is 340 g/mol. The number of esters is 1. The maximum atomic E-state index is 11.9. The third-order valence-electron chi connectivity index (χ3n) is 3.43. The van der Waals surface area contributed by atoms with Crippen LogP contribution in [0.25, 0.3) is 0 Å². The lowest BCUT2D eigenvalue weighted by Gasteiger charge is -2.13. The fraction of sp³-hybridized carbons (Fsp3) is 0.222. The molecule has 0 spiro atoms. The van der Waals surface area contributed by atoms with Crippen LogP contribution < -0.4 is 5.32 Å². The summed E-state index contributed by atoms with van der Waals surface area (Å²) in [6.45, 7) is 1.51. The standard InChI is InChI=1S/C18H18N2O6/c1-13(19-18(22)26-12-14-5-3-2-4-6-14)17(21)25-11-15-7-9-16(10-8-15)20(23)24/h2-10,13H,11-12H2,1H3,(H,19,22)/t13-/m0/s1. The molecule has 0 aliphatic heterocycles. The van der Waals surface area contributed by atoms with Crippen molar-refractivity contribution in [3.8, 4) is 0 Å². The van der Waals surface area contributed by atoms with Crippen LogP contribution in [0.2, 0.25) is 0 Å². The van der Waals surface area contributed by atoms with Crippen molar-refractivity contribution in [1.29, 1.82) is 0 Å². The van der Waals surface area contributed by atoms with Crippen LogP contribution in [-0.4, -0.2) is 23.0 Å². The smallest absolute Gasteiger partial charge is 0.408 e.